The fourth-order valence-corrected chi connectivity index (χ4v) is 4.23. The molecule has 24 heavy (non-hydrogen) atoms. The van der Waals surface area contributed by atoms with E-state index in [2.05, 4.69) is 52.9 Å². The van der Waals surface area contributed by atoms with E-state index in [1.807, 2.05) is 6.20 Å². The monoisotopic (exact) mass is 325 g/mol. The van der Waals surface area contributed by atoms with E-state index in [0.29, 0.717) is 6.04 Å². The van der Waals surface area contributed by atoms with Crippen molar-refractivity contribution >= 4 is 10.9 Å². The number of hydrogen-bond donors (Lipinski definition) is 1. The van der Waals surface area contributed by atoms with Gasteiger partial charge < -0.3 is 4.98 Å². The standard InChI is InChI=1S/C21H31N3/c1-16(2)21-15-23(10-3-11-24(21)14-17-4-5-17)13-18-6-7-20-19(12-18)8-9-22-20/h6-9,12,16-17,21-22H,3-5,10-11,13-15H2,1-2H3. The predicted molar refractivity (Wildman–Crippen MR) is 101 cm³/mol. The van der Waals surface area contributed by atoms with Crippen LogP contribution >= 0.6 is 0 Å². The van der Waals surface area contributed by atoms with Gasteiger partial charge in [0.15, 0.2) is 0 Å². The van der Waals surface area contributed by atoms with Gasteiger partial charge in [-0.25, -0.2) is 0 Å². The van der Waals surface area contributed by atoms with E-state index in [4.69, 9.17) is 0 Å². The van der Waals surface area contributed by atoms with Crippen molar-refractivity contribution in [1.82, 2.24) is 14.8 Å². The van der Waals surface area contributed by atoms with Crippen LogP contribution in [0.5, 0.6) is 0 Å². The van der Waals surface area contributed by atoms with Gasteiger partial charge in [-0.2, -0.15) is 0 Å². The molecule has 1 N–H and O–H groups in total. The fraction of sp³-hybridized carbons (Fsp3) is 0.619. The van der Waals surface area contributed by atoms with Crippen LogP contribution in [0.2, 0.25) is 0 Å². The van der Waals surface area contributed by atoms with Crippen molar-refractivity contribution in [3.05, 3.63) is 36.0 Å². The summed E-state index contributed by atoms with van der Waals surface area (Å²) in [6.07, 6.45) is 6.26. The summed E-state index contributed by atoms with van der Waals surface area (Å²) >= 11 is 0. The Hall–Kier alpha value is -1.32. The first-order valence-electron chi connectivity index (χ1n) is 9.71. The second-order valence-corrected chi connectivity index (χ2v) is 8.24. The van der Waals surface area contributed by atoms with Gasteiger partial charge >= 0.3 is 0 Å². The zero-order chi connectivity index (χ0) is 16.5. The van der Waals surface area contributed by atoms with Crippen molar-refractivity contribution < 1.29 is 0 Å². The Kier molecular flexibility index (Phi) is 4.64. The van der Waals surface area contributed by atoms with Gasteiger partial charge in [-0.3, -0.25) is 9.80 Å². The van der Waals surface area contributed by atoms with E-state index in [9.17, 15) is 0 Å². The Balaban J connectivity index is 1.45. The lowest BCUT2D eigenvalue weighted by atomic mass is 10.0. The lowest BCUT2D eigenvalue weighted by Gasteiger charge is -2.34. The number of H-pyrrole nitrogens is 1. The van der Waals surface area contributed by atoms with Crippen molar-refractivity contribution in [2.45, 2.75) is 45.7 Å². The maximum atomic E-state index is 3.29. The van der Waals surface area contributed by atoms with Crippen molar-refractivity contribution in [2.75, 3.05) is 26.2 Å². The third-order valence-corrected chi connectivity index (χ3v) is 5.82. The minimum absolute atomic E-state index is 0.712. The van der Waals surface area contributed by atoms with Gasteiger partial charge in [-0.15, -0.1) is 0 Å². The summed E-state index contributed by atoms with van der Waals surface area (Å²) in [5.74, 6) is 1.73. The molecule has 1 unspecified atom stereocenters. The summed E-state index contributed by atoms with van der Waals surface area (Å²) in [6, 6.07) is 9.75. The second kappa shape index (κ2) is 6.89. The van der Waals surface area contributed by atoms with Gasteiger partial charge in [-0.1, -0.05) is 19.9 Å². The number of nitrogens with zero attached hydrogens (tertiary/aromatic N) is 2. The van der Waals surface area contributed by atoms with E-state index >= 15 is 0 Å². The Morgan fingerprint density at radius 3 is 2.83 bits per heavy atom. The number of nitrogens with one attached hydrogen (secondary N) is 1. The first kappa shape index (κ1) is 16.2. The highest BCUT2D eigenvalue weighted by Crippen LogP contribution is 2.32. The summed E-state index contributed by atoms with van der Waals surface area (Å²) in [5, 5.41) is 1.33. The zero-order valence-electron chi connectivity index (χ0n) is 15.2. The van der Waals surface area contributed by atoms with Gasteiger partial charge in [0, 0.05) is 37.4 Å². The summed E-state index contributed by atoms with van der Waals surface area (Å²) in [6.45, 7) is 11.0. The summed E-state index contributed by atoms with van der Waals surface area (Å²) < 4.78 is 0. The molecule has 1 aromatic carbocycles. The summed E-state index contributed by atoms with van der Waals surface area (Å²) in [7, 11) is 0. The summed E-state index contributed by atoms with van der Waals surface area (Å²) in [4.78, 5) is 8.78. The van der Waals surface area contributed by atoms with Gasteiger partial charge in [-0.05, 0) is 73.3 Å². The second-order valence-electron chi connectivity index (χ2n) is 8.24. The van der Waals surface area contributed by atoms with E-state index in [1.165, 1.54) is 61.9 Å². The SMILES string of the molecule is CC(C)C1CN(Cc2ccc3[nH]ccc3c2)CCCN1CC1CC1. The number of hydrogen-bond acceptors (Lipinski definition) is 2. The molecule has 1 aliphatic heterocycles. The molecule has 4 rings (SSSR count). The molecule has 0 bridgehead atoms. The van der Waals surface area contributed by atoms with Crippen LogP contribution in [0.15, 0.2) is 30.5 Å². The number of benzene rings is 1. The van der Waals surface area contributed by atoms with Crippen LogP contribution in [0, 0.1) is 11.8 Å². The molecule has 130 valence electrons. The van der Waals surface area contributed by atoms with Crippen LogP contribution < -0.4 is 0 Å². The molecule has 2 fully saturated rings. The van der Waals surface area contributed by atoms with Crippen molar-refractivity contribution in [2.24, 2.45) is 11.8 Å². The first-order chi connectivity index (χ1) is 11.7. The molecule has 2 heterocycles. The molecular formula is C21H31N3. The van der Waals surface area contributed by atoms with Crippen LogP contribution in [0.3, 0.4) is 0 Å². The lowest BCUT2D eigenvalue weighted by Crippen LogP contribution is -2.45. The first-order valence-corrected chi connectivity index (χ1v) is 9.71. The third-order valence-electron chi connectivity index (χ3n) is 5.82. The predicted octanol–water partition coefficient (Wildman–Crippen LogP) is 4.11. The topological polar surface area (TPSA) is 22.3 Å². The van der Waals surface area contributed by atoms with Gasteiger partial charge in [0.05, 0.1) is 0 Å². The van der Waals surface area contributed by atoms with Gasteiger partial charge in [0.25, 0.3) is 0 Å². The lowest BCUT2D eigenvalue weighted by molar-refractivity contribution is 0.132. The molecule has 0 spiro atoms. The molecule has 2 aliphatic rings. The summed E-state index contributed by atoms with van der Waals surface area (Å²) in [5.41, 5.74) is 2.69. The molecule has 1 atom stereocenters. The third kappa shape index (κ3) is 3.68. The number of fused-ring (bicyclic) bond motifs is 1. The van der Waals surface area contributed by atoms with Crippen LogP contribution in [-0.2, 0) is 6.54 Å². The van der Waals surface area contributed by atoms with Gasteiger partial charge in [0.2, 0.25) is 0 Å². The van der Waals surface area contributed by atoms with Gasteiger partial charge in [0.1, 0.15) is 0 Å². The molecule has 1 saturated carbocycles. The van der Waals surface area contributed by atoms with E-state index in [1.54, 1.807) is 0 Å². The maximum Gasteiger partial charge on any atom is 0.0454 e. The largest absolute Gasteiger partial charge is 0.361 e. The molecule has 1 aromatic heterocycles. The minimum atomic E-state index is 0.712. The van der Waals surface area contributed by atoms with Crippen LogP contribution in [0.1, 0.15) is 38.7 Å². The Labute approximate surface area is 146 Å². The fourth-order valence-electron chi connectivity index (χ4n) is 4.23. The van der Waals surface area contributed by atoms with Crippen LogP contribution in [0.4, 0.5) is 0 Å². The van der Waals surface area contributed by atoms with E-state index in [-0.39, 0.29) is 0 Å². The van der Waals surface area contributed by atoms with Crippen molar-refractivity contribution in [3.63, 3.8) is 0 Å². The Morgan fingerprint density at radius 1 is 1.17 bits per heavy atom. The average Bonchev–Trinajstić information content (AvgIpc) is 3.29. The smallest absolute Gasteiger partial charge is 0.0454 e. The molecule has 1 saturated heterocycles. The van der Waals surface area contributed by atoms with Crippen molar-refractivity contribution in [3.8, 4) is 0 Å². The Morgan fingerprint density at radius 2 is 2.04 bits per heavy atom. The van der Waals surface area contributed by atoms with E-state index < -0.39 is 0 Å². The highest BCUT2D eigenvalue weighted by Gasteiger charge is 2.32. The normalized spacial score (nSPS) is 23.9. The highest BCUT2D eigenvalue weighted by molar-refractivity contribution is 5.79. The molecule has 0 radical (unpaired) electrons. The number of rotatable bonds is 5. The highest BCUT2D eigenvalue weighted by atomic mass is 15.2. The number of aromatic nitrogens is 1. The molecule has 1 aliphatic carbocycles. The van der Waals surface area contributed by atoms with Crippen molar-refractivity contribution in [1.29, 1.82) is 0 Å². The zero-order valence-corrected chi connectivity index (χ0v) is 15.2. The molecule has 2 aromatic rings. The average molecular weight is 326 g/mol. The van der Waals surface area contributed by atoms with E-state index in [0.717, 1.165) is 18.4 Å². The maximum absolute atomic E-state index is 3.29. The molecule has 0 amide bonds. The van der Waals surface area contributed by atoms with Crippen LogP contribution in [0.25, 0.3) is 10.9 Å². The Bertz CT molecular complexity index is 671. The minimum Gasteiger partial charge on any atom is -0.361 e. The number of aromatic amines is 1. The molecule has 3 heteroatoms. The van der Waals surface area contributed by atoms with Crippen LogP contribution in [-0.4, -0.2) is 47.0 Å². The molecular weight excluding hydrogens is 294 g/mol. The quantitative estimate of drug-likeness (QED) is 0.894. The molecule has 3 nitrogen and oxygen atoms in total.